The standard InChI is InChI=1S/C41H52F3N5O9S/c1-23-10-5-6-11-25-20-41(25,37(52)48-59(54,55)40(22-42)15-16-40)47-32(50)30-19-26(57-34-29-13-8-7-12-27(29)28-14-9-17-56-33(28)46-34)21-49(30)35(51)31(24(2)18-23)45-38(53)58-39(3,4)36(43)44/h6-8,11-13,23-26,30-31,36H,5,9-10,14-22H2,1-4H3,(H,45,53)(H,47,50)(H,48,52)/b11-6-/t23-,24-,25-,26-,30+,31+,41-/m1/s1. The van der Waals surface area contributed by atoms with Gasteiger partial charge in [-0.3, -0.25) is 19.1 Å². The third-order valence-electron chi connectivity index (χ3n) is 12.5. The fraction of sp³-hybridized carbons (Fsp3) is 0.634. The molecule has 14 nitrogen and oxygen atoms in total. The van der Waals surface area contributed by atoms with Crippen LogP contribution in [0, 0.1) is 17.8 Å². The third-order valence-corrected chi connectivity index (χ3v) is 14.6. The van der Waals surface area contributed by atoms with E-state index in [1.54, 1.807) is 13.0 Å². The number of benzene rings is 1. The van der Waals surface area contributed by atoms with Gasteiger partial charge in [-0.05, 0) is 88.5 Å². The quantitative estimate of drug-likeness (QED) is 0.294. The van der Waals surface area contributed by atoms with Gasteiger partial charge < -0.3 is 29.7 Å². The monoisotopic (exact) mass is 847 g/mol. The van der Waals surface area contributed by atoms with Crippen molar-refractivity contribution in [2.24, 2.45) is 17.8 Å². The summed E-state index contributed by atoms with van der Waals surface area (Å²) in [6.07, 6.45) is 1.68. The summed E-state index contributed by atoms with van der Waals surface area (Å²) in [6.45, 7) is 4.92. The molecule has 0 radical (unpaired) electrons. The summed E-state index contributed by atoms with van der Waals surface area (Å²) in [5.74, 6) is -3.06. The SMILES string of the molecule is C[C@@H]1CC/C=C\[C@@H]2C[C@@]2(C(=O)NS(=O)(=O)C2(CF)CC2)NC(=O)[C@@H]2C[C@@H](Oc3nc4c(c5ccccc35)CCCO4)CN2C(=O)[C@@H](NC(=O)OC(C)(C)C(F)F)[C@H](C)C1. The Labute approximate surface area is 341 Å². The zero-order chi connectivity index (χ0) is 42.5. The predicted octanol–water partition coefficient (Wildman–Crippen LogP) is 4.88. The molecule has 5 aliphatic rings. The molecular formula is C41H52F3N5O9S. The number of hydrogen-bond donors (Lipinski definition) is 3. The molecule has 2 aliphatic carbocycles. The predicted molar refractivity (Wildman–Crippen MR) is 209 cm³/mol. The normalized spacial score (nSPS) is 30.0. The fourth-order valence-corrected chi connectivity index (χ4v) is 9.91. The molecule has 7 rings (SSSR count). The third kappa shape index (κ3) is 8.42. The van der Waals surface area contributed by atoms with Crippen LogP contribution in [0.1, 0.15) is 84.6 Å². The number of sulfonamides is 1. The average Bonchev–Trinajstić information content (AvgIpc) is 4.09. The number of nitrogens with zero attached hydrogens (tertiary/aromatic N) is 2. The van der Waals surface area contributed by atoms with E-state index >= 15 is 0 Å². The minimum absolute atomic E-state index is 0.00552. The van der Waals surface area contributed by atoms with Crippen molar-refractivity contribution in [3.05, 3.63) is 42.0 Å². The van der Waals surface area contributed by atoms with Crippen LogP contribution in [-0.2, 0) is 35.6 Å². The van der Waals surface area contributed by atoms with Gasteiger partial charge in [-0.1, -0.05) is 44.2 Å². The highest BCUT2D eigenvalue weighted by Gasteiger charge is 2.64. The Morgan fingerprint density at radius 1 is 1.14 bits per heavy atom. The molecule has 3 fully saturated rings. The summed E-state index contributed by atoms with van der Waals surface area (Å²) in [7, 11) is -4.44. The van der Waals surface area contributed by atoms with Crippen LogP contribution in [0.25, 0.3) is 10.8 Å². The molecule has 4 amide bonds. The number of nitrogens with one attached hydrogen (secondary N) is 3. The summed E-state index contributed by atoms with van der Waals surface area (Å²) < 4.78 is 85.6. The number of halogens is 3. The Morgan fingerprint density at radius 2 is 1.86 bits per heavy atom. The van der Waals surface area contributed by atoms with Crippen molar-refractivity contribution in [2.75, 3.05) is 19.8 Å². The number of ether oxygens (including phenoxy) is 3. The number of fused-ring (bicyclic) bond motifs is 5. The van der Waals surface area contributed by atoms with Crippen molar-refractivity contribution in [1.82, 2.24) is 25.2 Å². The topological polar surface area (TPSA) is 182 Å². The highest BCUT2D eigenvalue weighted by Crippen LogP contribution is 2.48. The van der Waals surface area contributed by atoms with Crippen LogP contribution in [0.5, 0.6) is 11.8 Å². The molecule has 0 bridgehead atoms. The van der Waals surface area contributed by atoms with Gasteiger partial charge in [0.25, 0.3) is 12.3 Å². The number of carbonyl (C=O) groups excluding carboxylic acids is 4. The van der Waals surface area contributed by atoms with Crippen molar-refractivity contribution >= 4 is 44.6 Å². The zero-order valence-electron chi connectivity index (χ0n) is 33.6. The number of aromatic nitrogens is 1. The molecule has 0 unspecified atom stereocenters. The van der Waals surface area contributed by atoms with E-state index in [0.717, 1.165) is 37.6 Å². The second kappa shape index (κ2) is 16.1. The number of carbonyl (C=O) groups is 4. The van der Waals surface area contributed by atoms with Crippen LogP contribution < -0.4 is 24.8 Å². The van der Waals surface area contributed by atoms with E-state index in [1.165, 1.54) is 4.90 Å². The lowest BCUT2D eigenvalue weighted by atomic mass is 9.88. The zero-order valence-corrected chi connectivity index (χ0v) is 34.4. The minimum atomic E-state index is -4.44. The second-order valence-electron chi connectivity index (χ2n) is 17.4. The first-order valence-corrected chi connectivity index (χ1v) is 21.8. The maximum absolute atomic E-state index is 14.8. The molecular weight excluding hydrogens is 796 g/mol. The number of pyridine rings is 1. The van der Waals surface area contributed by atoms with Crippen LogP contribution in [-0.4, -0.2) is 102 Å². The molecule has 18 heteroatoms. The van der Waals surface area contributed by atoms with E-state index in [2.05, 4.69) is 15.4 Å². The Balaban J connectivity index is 1.24. The summed E-state index contributed by atoms with van der Waals surface area (Å²) in [5.41, 5.74) is -2.97. The van der Waals surface area contributed by atoms with Gasteiger partial charge in [0.2, 0.25) is 33.6 Å². The molecule has 2 saturated carbocycles. The molecule has 1 saturated heterocycles. The molecule has 1 aromatic carbocycles. The van der Waals surface area contributed by atoms with Crippen LogP contribution in [0.2, 0.25) is 0 Å². The Hall–Kier alpha value is -4.61. The first-order valence-electron chi connectivity index (χ1n) is 20.3. The minimum Gasteiger partial charge on any atom is -0.477 e. The number of hydrogen-bond acceptors (Lipinski definition) is 10. The lowest BCUT2D eigenvalue weighted by Crippen LogP contribution is -2.59. The number of allylic oxidation sites excluding steroid dienone is 1. The van der Waals surface area contributed by atoms with Gasteiger partial charge in [0.05, 0.1) is 13.2 Å². The van der Waals surface area contributed by atoms with E-state index in [1.807, 2.05) is 37.3 Å². The molecule has 59 heavy (non-hydrogen) atoms. The van der Waals surface area contributed by atoms with Crippen molar-refractivity contribution in [2.45, 2.75) is 126 Å². The number of rotatable bonds is 9. The first kappa shape index (κ1) is 42.5. The Morgan fingerprint density at radius 3 is 2.56 bits per heavy atom. The average molecular weight is 848 g/mol. The summed E-state index contributed by atoms with van der Waals surface area (Å²) >= 11 is 0. The van der Waals surface area contributed by atoms with Gasteiger partial charge in [0.1, 0.15) is 35.1 Å². The highest BCUT2D eigenvalue weighted by molar-refractivity contribution is 7.91. The van der Waals surface area contributed by atoms with E-state index in [9.17, 15) is 40.8 Å². The first-order chi connectivity index (χ1) is 27.9. The Bertz CT molecular complexity index is 2130. The smallest absolute Gasteiger partial charge is 0.408 e. The summed E-state index contributed by atoms with van der Waals surface area (Å²) in [6, 6.07) is 4.85. The van der Waals surface area contributed by atoms with E-state index in [-0.39, 0.29) is 44.0 Å². The van der Waals surface area contributed by atoms with Crippen molar-refractivity contribution in [3.63, 3.8) is 0 Å². The van der Waals surface area contributed by atoms with Crippen molar-refractivity contribution < 1.29 is 55.0 Å². The molecule has 0 spiro atoms. The largest absolute Gasteiger partial charge is 0.477 e. The van der Waals surface area contributed by atoms with E-state index in [4.69, 9.17) is 19.2 Å². The number of amides is 4. The number of aryl methyl sites for hydroxylation is 1. The van der Waals surface area contributed by atoms with E-state index < -0.39 is 92.8 Å². The van der Waals surface area contributed by atoms with Crippen LogP contribution in [0.3, 0.4) is 0 Å². The van der Waals surface area contributed by atoms with E-state index in [0.29, 0.717) is 37.1 Å². The van der Waals surface area contributed by atoms with Gasteiger partial charge in [0, 0.05) is 23.3 Å². The van der Waals surface area contributed by atoms with Crippen LogP contribution >= 0.6 is 0 Å². The molecule has 4 heterocycles. The van der Waals surface area contributed by atoms with Gasteiger partial charge in [-0.25, -0.2) is 26.4 Å². The maximum atomic E-state index is 14.8. The number of alkyl carbamates (subject to hydrolysis) is 1. The van der Waals surface area contributed by atoms with Gasteiger partial charge in [-0.15, -0.1) is 0 Å². The Kier molecular flexibility index (Phi) is 11.6. The van der Waals surface area contributed by atoms with Crippen LogP contribution in [0.4, 0.5) is 18.0 Å². The van der Waals surface area contributed by atoms with Crippen LogP contribution in [0.15, 0.2) is 36.4 Å². The van der Waals surface area contributed by atoms with Crippen molar-refractivity contribution in [3.8, 4) is 11.8 Å². The molecule has 2 aromatic rings. The molecule has 7 atom stereocenters. The molecule has 3 N–H and O–H groups in total. The van der Waals surface area contributed by atoms with Gasteiger partial charge >= 0.3 is 6.09 Å². The van der Waals surface area contributed by atoms with Gasteiger partial charge in [-0.2, -0.15) is 4.98 Å². The molecule has 322 valence electrons. The summed E-state index contributed by atoms with van der Waals surface area (Å²) in [4.78, 5) is 62.5. The van der Waals surface area contributed by atoms with Crippen molar-refractivity contribution in [1.29, 1.82) is 0 Å². The molecule has 1 aromatic heterocycles. The number of alkyl halides is 3. The lowest BCUT2D eigenvalue weighted by Gasteiger charge is -2.33. The fourth-order valence-electron chi connectivity index (χ4n) is 8.49. The molecule has 3 aliphatic heterocycles. The maximum Gasteiger partial charge on any atom is 0.408 e. The highest BCUT2D eigenvalue weighted by atomic mass is 32.2. The lowest BCUT2D eigenvalue weighted by molar-refractivity contribution is -0.142. The van der Waals surface area contributed by atoms with Gasteiger partial charge in [0.15, 0.2) is 5.60 Å². The second-order valence-corrected chi connectivity index (χ2v) is 19.5. The summed E-state index contributed by atoms with van der Waals surface area (Å²) in [5, 5.41) is 6.87.